The molecule has 0 bridgehead atoms. The molecule has 6 nitrogen and oxygen atoms in total. The Morgan fingerprint density at radius 1 is 1.41 bits per heavy atom. The molecule has 0 fully saturated rings. The van der Waals surface area contributed by atoms with Gasteiger partial charge < -0.3 is 4.74 Å². The monoisotopic (exact) mass is 348 g/mol. The Kier molecular flexibility index (Phi) is 7.98. The first-order valence-corrected chi connectivity index (χ1v) is 10.00. The number of aromatic nitrogens is 1. The van der Waals surface area contributed by atoms with E-state index in [0.717, 1.165) is 17.8 Å². The van der Waals surface area contributed by atoms with Crippen molar-refractivity contribution in [2.24, 2.45) is 0 Å². The molecule has 1 atom stereocenters. The number of hydrogen-bond donors (Lipinski definition) is 1. The van der Waals surface area contributed by atoms with Crippen molar-refractivity contribution in [2.45, 2.75) is 52.6 Å². The summed E-state index contributed by atoms with van der Waals surface area (Å²) in [5, 5.41) is 2.55. The van der Waals surface area contributed by atoms with Crippen LogP contribution in [0.5, 0.6) is 0 Å². The fraction of sp³-hybridized carbons (Fsp3) is 0.714. The number of nitrogens with one attached hydrogen (secondary N) is 1. The minimum Gasteiger partial charge on any atom is -0.372 e. The first-order valence-electron chi connectivity index (χ1n) is 7.47. The maximum Gasteiger partial charge on any atom is 0.239 e. The Balaban J connectivity index is 2.51. The van der Waals surface area contributed by atoms with Crippen molar-refractivity contribution < 1.29 is 17.9 Å². The van der Waals surface area contributed by atoms with E-state index < -0.39 is 15.9 Å². The summed E-state index contributed by atoms with van der Waals surface area (Å²) < 4.78 is 31.0. The van der Waals surface area contributed by atoms with Gasteiger partial charge in [0, 0.05) is 12.0 Å². The van der Waals surface area contributed by atoms with Crippen LogP contribution in [0, 0.1) is 0 Å². The molecule has 1 aromatic rings. The number of ether oxygens (including phenoxy) is 1. The third-order valence-corrected chi connectivity index (χ3v) is 5.38. The van der Waals surface area contributed by atoms with Crippen LogP contribution in [0.4, 0.5) is 0 Å². The summed E-state index contributed by atoms with van der Waals surface area (Å²) in [4.78, 5) is 16.1. The van der Waals surface area contributed by atoms with Crippen LogP contribution in [-0.2, 0) is 26.0 Å². The highest BCUT2D eigenvalue weighted by Gasteiger charge is 2.17. The molecule has 126 valence electrons. The van der Waals surface area contributed by atoms with Gasteiger partial charge in [0.1, 0.15) is 11.1 Å². The highest BCUT2D eigenvalue weighted by molar-refractivity contribution is 7.90. The topological polar surface area (TPSA) is 85.4 Å². The molecule has 1 heterocycles. The maximum atomic E-state index is 11.8. The highest BCUT2D eigenvalue weighted by atomic mass is 32.2. The molecule has 22 heavy (non-hydrogen) atoms. The first-order chi connectivity index (χ1) is 10.4. The van der Waals surface area contributed by atoms with Gasteiger partial charge in [-0.05, 0) is 20.3 Å². The van der Waals surface area contributed by atoms with Gasteiger partial charge in [-0.3, -0.25) is 9.52 Å². The SMILES string of the molecule is CCCCCS(=O)(=O)NC(=O)Cc1csc(C(C)OCC)n1. The van der Waals surface area contributed by atoms with Gasteiger partial charge in [-0.1, -0.05) is 19.8 Å². The molecule has 0 aromatic carbocycles. The third-order valence-electron chi connectivity index (χ3n) is 2.96. The minimum absolute atomic E-state index is 0.0176. The van der Waals surface area contributed by atoms with Crippen molar-refractivity contribution in [2.75, 3.05) is 12.4 Å². The van der Waals surface area contributed by atoms with Crippen LogP contribution in [0.25, 0.3) is 0 Å². The zero-order valence-electron chi connectivity index (χ0n) is 13.3. The number of rotatable bonds is 10. The number of carbonyl (C=O) groups is 1. The Morgan fingerprint density at radius 3 is 2.77 bits per heavy atom. The quantitative estimate of drug-likeness (QED) is 0.656. The van der Waals surface area contributed by atoms with E-state index in [-0.39, 0.29) is 18.3 Å². The lowest BCUT2D eigenvalue weighted by atomic mass is 10.3. The zero-order chi connectivity index (χ0) is 16.6. The van der Waals surface area contributed by atoms with Crippen LogP contribution < -0.4 is 4.72 Å². The van der Waals surface area contributed by atoms with Crippen LogP contribution in [-0.4, -0.2) is 31.7 Å². The van der Waals surface area contributed by atoms with E-state index in [2.05, 4.69) is 9.71 Å². The molecule has 1 aromatic heterocycles. The number of amides is 1. The van der Waals surface area contributed by atoms with Gasteiger partial charge in [0.15, 0.2) is 0 Å². The summed E-state index contributed by atoms with van der Waals surface area (Å²) in [5.74, 6) is -0.562. The van der Waals surface area contributed by atoms with E-state index in [4.69, 9.17) is 4.74 Å². The van der Waals surface area contributed by atoms with Gasteiger partial charge in [0.05, 0.1) is 17.9 Å². The molecule has 0 aliphatic carbocycles. The molecule has 1 N–H and O–H groups in total. The number of hydrogen-bond acceptors (Lipinski definition) is 6. The summed E-state index contributed by atoms with van der Waals surface area (Å²) in [7, 11) is -3.54. The number of carbonyl (C=O) groups excluding carboxylic acids is 1. The van der Waals surface area contributed by atoms with E-state index >= 15 is 0 Å². The molecule has 1 amide bonds. The van der Waals surface area contributed by atoms with Crippen molar-refractivity contribution in [1.29, 1.82) is 0 Å². The molecule has 0 aliphatic heterocycles. The van der Waals surface area contributed by atoms with Crippen LogP contribution in [0.3, 0.4) is 0 Å². The summed E-state index contributed by atoms with van der Waals surface area (Å²) in [5.41, 5.74) is 0.563. The molecule has 0 saturated heterocycles. The van der Waals surface area contributed by atoms with Crippen molar-refractivity contribution in [1.82, 2.24) is 9.71 Å². The standard InChI is InChI=1S/C14H24N2O4S2/c1-4-6-7-8-22(18,19)16-13(17)9-12-10-21-14(15-12)11(3)20-5-2/h10-11H,4-9H2,1-3H3,(H,16,17). The minimum atomic E-state index is -3.54. The number of sulfonamides is 1. The molecule has 0 spiro atoms. The molecule has 1 rings (SSSR count). The molecular weight excluding hydrogens is 324 g/mol. The molecule has 1 unspecified atom stereocenters. The number of thiazole rings is 1. The zero-order valence-corrected chi connectivity index (χ0v) is 14.9. The normalized spacial score (nSPS) is 13.0. The fourth-order valence-electron chi connectivity index (χ4n) is 1.88. The molecule has 0 saturated carbocycles. The Bertz CT molecular complexity index is 569. The van der Waals surface area contributed by atoms with Crippen LogP contribution in [0.1, 0.15) is 56.8 Å². The van der Waals surface area contributed by atoms with E-state index in [1.165, 1.54) is 11.3 Å². The summed E-state index contributed by atoms with van der Waals surface area (Å²) in [6, 6.07) is 0. The van der Waals surface area contributed by atoms with Gasteiger partial charge >= 0.3 is 0 Å². The fourth-order valence-corrected chi connectivity index (χ4v) is 3.81. The highest BCUT2D eigenvalue weighted by Crippen LogP contribution is 2.21. The van der Waals surface area contributed by atoms with E-state index in [0.29, 0.717) is 18.7 Å². The maximum absolute atomic E-state index is 11.8. The van der Waals surface area contributed by atoms with Crippen molar-refractivity contribution in [3.05, 3.63) is 16.1 Å². The van der Waals surface area contributed by atoms with Crippen LogP contribution in [0.2, 0.25) is 0 Å². The predicted molar refractivity (Wildman–Crippen MR) is 87.3 cm³/mol. The van der Waals surface area contributed by atoms with Crippen molar-refractivity contribution in [3.8, 4) is 0 Å². The van der Waals surface area contributed by atoms with Gasteiger partial charge in [-0.15, -0.1) is 11.3 Å². The first kappa shape index (κ1) is 19.1. The summed E-state index contributed by atoms with van der Waals surface area (Å²) >= 11 is 1.41. The second kappa shape index (κ2) is 9.22. The van der Waals surface area contributed by atoms with E-state index in [1.54, 1.807) is 5.38 Å². The predicted octanol–water partition coefficient (Wildman–Crippen LogP) is 2.42. The Labute approximate surface area is 136 Å². The van der Waals surface area contributed by atoms with Crippen LogP contribution >= 0.6 is 11.3 Å². The molecule has 0 aliphatic rings. The second-order valence-electron chi connectivity index (χ2n) is 5.00. The average molecular weight is 348 g/mol. The van der Waals surface area contributed by atoms with Crippen molar-refractivity contribution >= 4 is 27.3 Å². The summed E-state index contributed by atoms with van der Waals surface area (Å²) in [6.45, 7) is 6.38. The molecule has 0 radical (unpaired) electrons. The second-order valence-corrected chi connectivity index (χ2v) is 7.73. The lowest BCUT2D eigenvalue weighted by Gasteiger charge is -2.07. The Hall–Kier alpha value is -0.990. The molecular formula is C14H24N2O4S2. The average Bonchev–Trinajstić information content (AvgIpc) is 2.86. The Morgan fingerprint density at radius 2 is 2.14 bits per heavy atom. The number of nitrogens with zero attached hydrogens (tertiary/aromatic N) is 1. The van der Waals surface area contributed by atoms with Crippen LogP contribution in [0.15, 0.2) is 5.38 Å². The lowest BCUT2D eigenvalue weighted by Crippen LogP contribution is -2.33. The van der Waals surface area contributed by atoms with Gasteiger partial charge in [-0.2, -0.15) is 0 Å². The molecule has 8 heteroatoms. The van der Waals surface area contributed by atoms with E-state index in [1.807, 2.05) is 20.8 Å². The smallest absolute Gasteiger partial charge is 0.239 e. The lowest BCUT2D eigenvalue weighted by molar-refractivity contribution is -0.118. The van der Waals surface area contributed by atoms with Gasteiger partial charge in [0.25, 0.3) is 0 Å². The largest absolute Gasteiger partial charge is 0.372 e. The van der Waals surface area contributed by atoms with Gasteiger partial charge in [-0.25, -0.2) is 13.4 Å². The van der Waals surface area contributed by atoms with Crippen molar-refractivity contribution in [3.63, 3.8) is 0 Å². The van der Waals surface area contributed by atoms with E-state index in [9.17, 15) is 13.2 Å². The van der Waals surface area contributed by atoms with Gasteiger partial charge in [0.2, 0.25) is 15.9 Å². The summed E-state index contributed by atoms with van der Waals surface area (Å²) in [6.07, 6.45) is 2.17. The third kappa shape index (κ3) is 6.85. The number of unbranched alkanes of at least 4 members (excludes halogenated alkanes) is 2.